The molecule has 33 heavy (non-hydrogen) atoms. The lowest BCUT2D eigenvalue weighted by atomic mass is 10.1. The van der Waals surface area contributed by atoms with Crippen molar-refractivity contribution in [2.45, 2.75) is 6.92 Å². The first kappa shape index (κ1) is 22.4. The molecule has 1 aromatic heterocycles. The lowest BCUT2D eigenvalue weighted by Crippen LogP contribution is -2.50. The molecular weight excluding hydrogens is 420 g/mol. The number of carbonyl (C=O) groups is 1. The van der Waals surface area contributed by atoms with Crippen LogP contribution in [0.1, 0.15) is 6.92 Å². The second kappa shape index (κ2) is 10.7. The summed E-state index contributed by atoms with van der Waals surface area (Å²) in [4.78, 5) is 16.6. The van der Waals surface area contributed by atoms with Gasteiger partial charge in [-0.15, -0.1) is 10.2 Å². The van der Waals surface area contributed by atoms with E-state index in [1.807, 2.05) is 66.4 Å². The van der Waals surface area contributed by atoms with Gasteiger partial charge in [-0.05, 0) is 43.3 Å². The Kier molecular flexibility index (Phi) is 7.24. The van der Waals surface area contributed by atoms with Gasteiger partial charge >= 0.3 is 0 Å². The number of carbonyl (C=O) groups excluding carboxylic acids is 1. The Morgan fingerprint density at radius 3 is 2.36 bits per heavy atom. The zero-order valence-electron chi connectivity index (χ0n) is 18.9. The van der Waals surface area contributed by atoms with E-state index in [1.165, 1.54) is 0 Å². The van der Waals surface area contributed by atoms with Crippen molar-refractivity contribution in [2.24, 2.45) is 0 Å². The van der Waals surface area contributed by atoms with Crippen LogP contribution in [0.2, 0.25) is 0 Å². The molecule has 4 rings (SSSR count). The van der Waals surface area contributed by atoms with E-state index >= 15 is 0 Å². The Morgan fingerprint density at radius 1 is 0.909 bits per heavy atom. The molecule has 0 bridgehead atoms. The topological polar surface area (TPSA) is 77.0 Å². The molecule has 8 nitrogen and oxygen atoms in total. The number of hydrogen-bond donors (Lipinski definition) is 0. The summed E-state index contributed by atoms with van der Waals surface area (Å²) in [5, 5.41) is 8.79. The fraction of sp³-hybridized carbons (Fsp3) is 0.320. The van der Waals surface area contributed by atoms with Crippen molar-refractivity contribution in [2.75, 3.05) is 51.4 Å². The number of anilines is 1. The number of methoxy groups -OCH3 is 1. The number of aromatic nitrogens is 2. The molecule has 1 fully saturated rings. The average Bonchev–Trinajstić information content (AvgIpc) is 2.88. The van der Waals surface area contributed by atoms with Gasteiger partial charge in [-0.3, -0.25) is 4.79 Å². The summed E-state index contributed by atoms with van der Waals surface area (Å²) in [6.07, 6.45) is 0. The molecule has 1 aliphatic rings. The number of piperazine rings is 1. The molecule has 0 atom stereocenters. The first-order valence-corrected chi connectivity index (χ1v) is 11.0. The molecule has 0 radical (unpaired) electrons. The largest absolute Gasteiger partial charge is 0.496 e. The Labute approximate surface area is 193 Å². The van der Waals surface area contributed by atoms with E-state index in [0.717, 1.165) is 28.6 Å². The molecule has 1 aliphatic heterocycles. The minimum absolute atomic E-state index is 0.00297. The van der Waals surface area contributed by atoms with Gasteiger partial charge in [-0.25, -0.2) is 0 Å². The van der Waals surface area contributed by atoms with Gasteiger partial charge in [0.1, 0.15) is 17.2 Å². The highest BCUT2D eigenvalue weighted by Gasteiger charge is 2.22. The lowest BCUT2D eigenvalue weighted by Gasteiger charge is -2.35. The van der Waals surface area contributed by atoms with Crippen LogP contribution in [0.25, 0.3) is 11.3 Å². The molecule has 8 heteroatoms. The SMILES string of the molecule is CCOc1cccc(OCC(=O)N2CCN(c3ccc(-c4ccccc4OC)nn3)CC2)c1. The smallest absolute Gasteiger partial charge is 0.260 e. The summed E-state index contributed by atoms with van der Waals surface area (Å²) >= 11 is 0. The van der Waals surface area contributed by atoms with E-state index in [0.29, 0.717) is 38.5 Å². The lowest BCUT2D eigenvalue weighted by molar-refractivity contribution is -0.133. The van der Waals surface area contributed by atoms with E-state index in [9.17, 15) is 4.79 Å². The fourth-order valence-corrected chi connectivity index (χ4v) is 3.74. The first-order chi connectivity index (χ1) is 16.2. The third-order valence-electron chi connectivity index (χ3n) is 5.47. The second-order valence-electron chi connectivity index (χ2n) is 7.54. The van der Waals surface area contributed by atoms with E-state index in [4.69, 9.17) is 14.2 Å². The van der Waals surface area contributed by atoms with Crippen LogP contribution in [0.15, 0.2) is 60.7 Å². The fourth-order valence-electron chi connectivity index (χ4n) is 3.74. The summed E-state index contributed by atoms with van der Waals surface area (Å²) in [5.41, 5.74) is 1.66. The van der Waals surface area contributed by atoms with Crippen LogP contribution >= 0.6 is 0 Å². The zero-order chi connectivity index (χ0) is 23.0. The number of ether oxygens (including phenoxy) is 3. The summed E-state index contributed by atoms with van der Waals surface area (Å²) in [5.74, 6) is 2.88. The van der Waals surface area contributed by atoms with Crippen LogP contribution in [0.3, 0.4) is 0 Å². The number of nitrogens with zero attached hydrogens (tertiary/aromatic N) is 4. The standard InChI is InChI=1S/C25H28N4O4/c1-3-32-19-7-6-8-20(17-19)33-18-25(30)29-15-13-28(14-16-29)24-12-11-22(26-27-24)21-9-4-5-10-23(21)31-2/h4-12,17H,3,13-16,18H2,1-2H3. The summed E-state index contributed by atoms with van der Waals surface area (Å²) in [7, 11) is 1.64. The number of para-hydroxylation sites is 1. The van der Waals surface area contributed by atoms with Crippen LogP contribution in [-0.2, 0) is 4.79 Å². The van der Waals surface area contributed by atoms with E-state index in [2.05, 4.69) is 15.1 Å². The normalized spacial score (nSPS) is 13.5. The van der Waals surface area contributed by atoms with E-state index in [-0.39, 0.29) is 12.5 Å². The van der Waals surface area contributed by atoms with Crippen LogP contribution < -0.4 is 19.1 Å². The van der Waals surface area contributed by atoms with E-state index < -0.39 is 0 Å². The molecule has 172 valence electrons. The van der Waals surface area contributed by atoms with Crippen LogP contribution in [0.4, 0.5) is 5.82 Å². The molecule has 3 aromatic rings. The molecule has 0 spiro atoms. The predicted molar refractivity (Wildman–Crippen MR) is 126 cm³/mol. The first-order valence-electron chi connectivity index (χ1n) is 11.0. The number of benzene rings is 2. The summed E-state index contributed by atoms with van der Waals surface area (Å²) < 4.78 is 16.6. The molecule has 0 unspecified atom stereocenters. The molecule has 1 amide bonds. The predicted octanol–water partition coefficient (Wildman–Crippen LogP) is 3.28. The van der Waals surface area contributed by atoms with Gasteiger partial charge in [-0.2, -0.15) is 0 Å². The minimum atomic E-state index is -0.0333. The van der Waals surface area contributed by atoms with Gasteiger partial charge in [-0.1, -0.05) is 18.2 Å². The quantitative estimate of drug-likeness (QED) is 0.523. The maximum absolute atomic E-state index is 12.6. The number of rotatable bonds is 8. The van der Waals surface area contributed by atoms with Crippen molar-refractivity contribution >= 4 is 11.7 Å². The molecule has 0 aliphatic carbocycles. The van der Waals surface area contributed by atoms with Crippen molar-refractivity contribution in [1.29, 1.82) is 0 Å². The zero-order valence-corrected chi connectivity index (χ0v) is 18.9. The van der Waals surface area contributed by atoms with Crippen LogP contribution in [0.5, 0.6) is 17.2 Å². The molecular formula is C25H28N4O4. The maximum Gasteiger partial charge on any atom is 0.260 e. The van der Waals surface area contributed by atoms with Crippen molar-refractivity contribution in [3.05, 3.63) is 60.7 Å². The van der Waals surface area contributed by atoms with Crippen molar-refractivity contribution < 1.29 is 19.0 Å². The van der Waals surface area contributed by atoms with Gasteiger partial charge in [0.2, 0.25) is 0 Å². The second-order valence-corrected chi connectivity index (χ2v) is 7.54. The number of hydrogen-bond acceptors (Lipinski definition) is 7. The highest BCUT2D eigenvalue weighted by atomic mass is 16.5. The third kappa shape index (κ3) is 5.52. The van der Waals surface area contributed by atoms with E-state index in [1.54, 1.807) is 13.2 Å². The highest BCUT2D eigenvalue weighted by molar-refractivity contribution is 5.78. The molecule has 0 N–H and O–H groups in total. The summed E-state index contributed by atoms with van der Waals surface area (Å²) in [6, 6.07) is 19.0. The Balaban J connectivity index is 1.29. The van der Waals surface area contributed by atoms with Gasteiger partial charge < -0.3 is 24.0 Å². The molecule has 2 aromatic carbocycles. The van der Waals surface area contributed by atoms with Crippen molar-refractivity contribution in [3.63, 3.8) is 0 Å². The van der Waals surface area contributed by atoms with Gasteiger partial charge in [0.25, 0.3) is 5.91 Å². The minimum Gasteiger partial charge on any atom is -0.496 e. The summed E-state index contributed by atoms with van der Waals surface area (Å²) in [6.45, 7) is 5.11. The average molecular weight is 449 g/mol. The van der Waals surface area contributed by atoms with Crippen LogP contribution in [-0.4, -0.2) is 67.5 Å². The number of amides is 1. The Bertz CT molecular complexity index is 1070. The van der Waals surface area contributed by atoms with Crippen molar-refractivity contribution in [3.8, 4) is 28.5 Å². The highest BCUT2D eigenvalue weighted by Crippen LogP contribution is 2.28. The van der Waals surface area contributed by atoms with Crippen molar-refractivity contribution in [1.82, 2.24) is 15.1 Å². The molecule has 0 saturated carbocycles. The van der Waals surface area contributed by atoms with Gasteiger partial charge in [0, 0.05) is 37.8 Å². The molecule has 1 saturated heterocycles. The molecule has 2 heterocycles. The Morgan fingerprint density at radius 2 is 1.67 bits per heavy atom. The van der Waals surface area contributed by atoms with Crippen LogP contribution in [0, 0.1) is 0 Å². The van der Waals surface area contributed by atoms with Gasteiger partial charge in [0.05, 0.1) is 19.4 Å². The van der Waals surface area contributed by atoms with Gasteiger partial charge in [0.15, 0.2) is 12.4 Å². The Hall–Kier alpha value is -3.81. The third-order valence-corrected chi connectivity index (χ3v) is 5.47. The maximum atomic E-state index is 12.6. The monoisotopic (exact) mass is 448 g/mol.